The summed E-state index contributed by atoms with van der Waals surface area (Å²) < 4.78 is 0. The van der Waals surface area contributed by atoms with Gasteiger partial charge in [0.1, 0.15) is 0 Å². The van der Waals surface area contributed by atoms with Crippen molar-refractivity contribution >= 4 is 17.5 Å². The molecule has 0 aromatic heterocycles. The number of alkyl halides is 1. The van der Waals surface area contributed by atoms with Crippen molar-refractivity contribution in [2.75, 3.05) is 12.4 Å². The van der Waals surface area contributed by atoms with Crippen molar-refractivity contribution in [2.45, 2.75) is 44.9 Å². The molecule has 1 N–H and O–H groups in total. The van der Waals surface area contributed by atoms with Gasteiger partial charge in [0.2, 0.25) is 5.91 Å². The van der Waals surface area contributed by atoms with Crippen molar-refractivity contribution in [2.24, 2.45) is 35.0 Å². The van der Waals surface area contributed by atoms with Gasteiger partial charge in [-0.3, -0.25) is 4.79 Å². The van der Waals surface area contributed by atoms with Crippen LogP contribution in [0.1, 0.15) is 44.9 Å². The lowest BCUT2D eigenvalue weighted by Gasteiger charge is -2.26. The fraction of sp³-hybridized carbons (Fsp3) is 0.938. The molecule has 106 valence electrons. The predicted molar refractivity (Wildman–Crippen MR) is 75.9 cm³/mol. The Morgan fingerprint density at radius 2 is 1.79 bits per heavy atom. The standard InChI is InChI=1S/C16H24ClNO/c17-8-16(5-1-2-6-16)9-18-15(19)14-12-10-3-4-11(7-10)13(12)14/h10-14H,1-9H2,(H,18,19). The third kappa shape index (κ3) is 1.86. The Hall–Kier alpha value is -0.240. The second kappa shape index (κ2) is 4.38. The van der Waals surface area contributed by atoms with Crippen LogP contribution in [0.3, 0.4) is 0 Å². The molecule has 0 radical (unpaired) electrons. The summed E-state index contributed by atoms with van der Waals surface area (Å²) in [5, 5.41) is 3.25. The first-order valence-electron chi connectivity index (χ1n) is 8.08. The summed E-state index contributed by atoms with van der Waals surface area (Å²) in [6, 6.07) is 0. The molecule has 4 rings (SSSR count). The first kappa shape index (κ1) is 12.5. The Morgan fingerprint density at radius 1 is 1.16 bits per heavy atom. The van der Waals surface area contributed by atoms with Crippen LogP contribution in [0.2, 0.25) is 0 Å². The summed E-state index contributed by atoms with van der Waals surface area (Å²) in [6.07, 6.45) is 9.15. The SMILES string of the molecule is O=C(NCC1(CCl)CCCC1)C1C2C3CCC(C3)C12. The van der Waals surface area contributed by atoms with Gasteiger partial charge in [0, 0.05) is 23.8 Å². The molecule has 3 heteroatoms. The van der Waals surface area contributed by atoms with Crippen LogP contribution < -0.4 is 5.32 Å². The van der Waals surface area contributed by atoms with E-state index in [1.54, 1.807) is 0 Å². The lowest BCUT2D eigenvalue weighted by Crippen LogP contribution is -2.38. The van der Waals surface area contributed by atoms with Crippen molar-refractivity contribution < 1.29 is 4.79 Å². The molecule has 1 amide bonds. The number of hydrogen-bond donors (Lipinski definition) is 1. The molecule has 4 aliphatic rings. The van der Waals surface area contributed by atoms with Crippen LogP contribution in [0.4, 0.5) is 0 Å². The minimum atomic E-state index is 0.209. The second-order valence-electron chi connectivity index (χ2n) is 7.57. The van der Waals surface area contributed by atoms with Gasteiger partial charge >= 0.3 is 0 Å². The van der Waals surface area contributed by atoms with Crippen LogP contribution in [-0.2, 0) is 4.79 Å². The summed E-state index contributed by atoms with van der Waals surface area (Å²) in [5.41, 5.74) is 0.209. The maximum Gasteiger partial charge on any atom is 0.223 e. The average molecular weight is 282 g/mol. The van der Waals surface area contributed by atoms with E-state index in [1.807, 2.05) is 0 Å². The third-order valence-corrected chi connectivity index (χ3v) is 7.19. The molecule has 0 aliphatic heterocycles. The Balaban J connectivity index is 1.33. The van der Waals surface area contributed by atoms with Crippen molar-refractivity contribution in [3.05, 3.63) is 0 Å². The Morgan fingerprint density at radius 3 is 2.37 bits per heavy atom. The van der Waals surface area contributed by atoms with Crippen LogP contribution in [0.5, 0.6) is 0 Å². The molecule has 0 saturated heterocycles. The van der Waals surface area contributed by atoms with E-state index in [-0.39, 0.29) is 5.41 Å². The van der Waals surface area contributed by atoms with Crippen molar-refractivity contribution in [1.82, 2.24) is 5.32 Å². The molecular weight excluding hydrogens is 258 g/mol. The first-order chi connectivity index (χ1) is 9.24. The van der Waals surface area contributed by atoms with E-state index in [0.29, 0.717) is 17.7 Å². The molecule has 2 nitrogen and oxygen atoms in total. The van der Waals surface area contributed by atoms with Gasteiger partial charge in [-0.25, -0.2) is 0 Å². The van der Waals surface area contributed by atoms with E-state index < -0.39 is 0 Å². The smallest absolute Gasteiger partial charge is 0.223 e. The molecule has 0 aromatic carbocycles. The molecule has 4 atom stereocenters. The zero-order valence-electron chi connectivity index (χ0n) is 11.5. The third-order valence-electron chi connectivity index (χ3n) is 6.62. The lowest BCUT2D eigenvalue weighted by molar-refractivity contribution is -0.123. The minimum absolute atomic E-state index is 0.209. The van der Waals surface area contributed by atoms with Gasteiger partial charge in [0.05, 0.1) is 0 Å². The molecule has 4 unspecified atom stereocenters. The van der Waals surface area contributed by atoms with E-state index in [2.05, 4.69) is 5.32 Å². The van der Waals surface area contributed by atoms with Crippen LogP contribution in [0.15, 0.2) is 0 Å². The molecule has 0 aromatic rings. The van der Waals surface area contributed by atoms with E-state index >= 15 is 0 Å². The summed E-state index contributed by atoms with van der Waals surface area (Å²) in [7, 11) is 0. The summed E-state index contributed by atoms with van der Waals surface area (Å²) in [4.78, 5) is 12.4. The van der Waals surface area contributed by atoms with E-state index in [9.17, 15) is 4.79 Å². The van der Waals surface area contributed by atoms with Crippen LogP contribution in [-0.4, -0.2) is 18.3 Å². The van der Waals surface area contributed by atoms with Gasteiger partial charge in [-0.1, -0.05) is 12.8 Å². The largest absolute Gasteiger partial charge is 0.355 e. The highest BCUT2D eigenvalue weighted by Crippen LogP contribution is 2.69. The number of carbonyl (C=O) groups is 1. The van der Waals surface area contributed by atoms with Crippen molar-refractivity contribution in [3.63, 3.8) is 0 Å². The van der Waals surface area contributed by atoms with Gasteiger partial charge in [0.25, 0.3) is 0 Å². The van der Waals surface area contributed by atoms with Gasteiger partial charge in [0.15, 0.2) is 0 Å². The molecule has 4 saturated carbocycles. The van der Waals surface area contributed by atoms with E-state index in [0.717, 1.165) is 30.2 Å². The van der Waals surface area contributed by atoms with Crippen molar-refractivity contribution in [3.8, 4) is 0 Å². The monoisotopic (exact) mass is 281 g/mol. The molecular formula is C16H24ClNO. The number of carbonyl (C=O) groups excluding carboxylic acids is 1. The van der Waals surface area contributed by atoms with Gasteiger partial charge in [-0.2, -0.15) is 0 Å². The Labute approximate surface area is 120 Å². The Bertz CT molecular complexity index is 374. The van der Waals surface area contributed by atoms with Crippen molar-refractivity contribution in [1.29, 1.82) is 0 Å². The maximum atomic E-state index is 12.4. The van der Waals surface area contributed by atoms with E-state index in [4.69, 9.17) is 11.6 Å². The topological polar surface area (TPSA) is 29.1 Å². The molecule has 0 heterocycles. The van der Waals surface area contributed by atoms with Gasteiger partial charge in [-0.05, 0) is 55.8 Å². The maximum absolute atomic E-state index is 12.4. The zero-order chi connectivity index (χ0) is 13.0. The van der Waals surface area contributed by atoms with Crippen LogP contribution >= 0.6 is 11.6 Å². The Kier molecular flexibility index (Phi) is 2.88. The molecule has 19 heavy (non-hydrogen) atoms. The average Bonchev–Trinajstić information content (AvgIpc) is 2.83. The lowest BCUT2D eigenvalue weighted by atomic mass is 9.88. The molecule has 0 spiro atoms. The zero-order valence-corrected chi connectivity index (χ0v) is 12.3. The molecule has 4 aliphatic carbocycles. The number of nitrogens with one attached hydrogen (secondary N) is 1. The van der Waals surface area contributed by atoms with Gasteiger partial charge in [-0.15, -0.1) is 11.6 Å². The predicted octanol–water partition coefficient (Wildman–Crippen LogP) is 3.19. The quantitative estimate of drug-likeness (QED) is 0.788. The highest BCUT2D eigenvalue weighted by atomic mass is 35.5. The number of fused-ring (bicyclic) bond motifs is 5. The van der Waals surface area contributed by atoms with Crippen LogP contribution in [0, 0.1) is 35.0 Å². The second-order valence-corrected chi connectivity index (χ2v) is 7.84. The molecule has 4 fully saturated rings. The van der Waals surface area contributed by atoms with Crippen LogP contribution in [0.25, 0.3) is 0 Å². The summed E-state index contributed by atoms with van der Waals surface area (Å²) >= 11 is 6.14. The highest BCUT2D eigenvalue weighted by molar-refractivity contribution is 6.18. The number of halogens is 1. The molecule has 2 bridgehead atoms. The summed E-state index contributed by atoms with van der Waals surface area (Å²) in [6.45, 7) is 0.820. The fourth-order valence-corrected chi connectivity index (χ4v) is 5.91. The van der Waals surface area contributed by atoms with E-state index in [1.165, 1.54) is 44.9 Å². The number of rotatable bonds is 4. The fourth-order valence-electron chi connectivity index (χ4n) is 5.55. The summed E-state index contributed by atoms with van der Waals surface area (Å²) in [5.74, 6) is 4.72. The normalized spacial score (nSPS) is 45.2. The number of hydrogen-bond acceptors (Lipinski definition) is 1. The van der Waals surface area contributed by atoms with Gasteiger partial charge < -0.3 is 5.32 Å². The first-order valence-corrected chi connectivity index (χ1v) is 8.61. The highest BCUT2D eigenvalue weighted by Gasteiger charge is 2.67. The minimum Gasteiger partial charge on any atom is -0.355 e. The number of amides is 1.